The first-order valence-corrected chi connectivity index (χ1v) is 4.69. The molecule has 68 valence electrons. The zero-order valence-electron chi connectivity index (χ0n) is 7.90. The van der Waals surface area contributed by atoms with Crippen LogP contribution in [0.1, 0.15) is 12.8 Å². The third-order valence-electron chi connectivity index (χ3n) is 2.26. The number of nitrogens with zero attached hydrogens (tertiary/aromatic N) is 1. The van der Waals surface area contributed by atoms with E-state index in [4.69, 9.17) is 6.42 Å². The normalized spacial score (nSPS) is 23.2. The van der Waals surface area contributed by atoms with E-state index in [1.165, 1.54) is 5.22 Å². The van der Waals surface area contributed by atoms with Crippen LogP contribution < -0.4 is 10.6 Å². The predicted octanol–water partition coefficient (Wildman–Crippen LogP) is 1.40. The summed E-state index contributed by atoms with van der Waals surface area (Å²) in [6, 6.07) is 8.09. The molecule has 0 N–H and O–H groups in total. The number of rotatable bonds is 0. The fourth-order valence-corrected chi connectivity index (χ4v) is 1.48. The van der Waals surface area contributed by atoms with Crippen LogP contribution in [0.4, 0.5) is 0 Å². The summed E-state index contributed by atoms with van der Waals surface area (Å²) >= 11 is 0. The van der Waals surface area contributed by atoms with Gasteiger partial charge in [0.1, 0.15) is 0 Å². The van der Waals surface area contributed by atoms with E-state index in [1.54, 1.807) is 6.20 Å². The van der Waals surface area contributed by atoms with Crippen molar-refractivity contribution in [1.29, 1.82) is 0 Å². The first kappa shape index (κ1) is 8.77. The molecule has 1 heterocycles. The molecule has 0 spiro atoms. The van der Waals surface area contributed by atoms with Crippen molar-refractivity contribution in [3.63, 3.8) is 0 Å². The van der Waals surface area contributed by atoms with Gasteiger partial charge in [-0.2, -0.15) is 0 Å². The molecule has 0 radical (unpaired) electrons. The second kappa shape index (κ2) is 3.93. The molecule has 1 aliphatic rings. The van der Waals surface area contributed by atoms with Crippen molar-refractivity contribution in [2.75, 3.05) is 0 Å². The molecule has 0 saturated carbocycles. The van der Waals surface area contributed by atoms with Gasteiger partial charge in [-0.05, 0) is 24.1 Å². The third-order valence-corrected chi connectivity index (χ3v) is 2.26. The van der Waals surface area contributed by atoms with Crippen molar-refractivity contribution in [3.8, 4) is 12.3 Å². The van der Waals surface area contributed by atoms with E-state index in [-0.39, 0.29) is 0 Å². The lowest BCUT2D eigenvalue weighted by molar-refractivity contribution is 1.03. The van der Waals surface area contributed by atoms with Crippen LogP contribution in [-0.2, 0) is 0 Å². The molecular formula is C13H11N. The zero-order valence-corrected chi connectivity index (χ0v) is 7.90. The molecule has 1 aliphatic heterocycles. The highest BCUT2D eigenvalue weighted by Crippen LogP contribution is 2.04. The second-order valence-electron chi connectivity index (χ2n) is 3.23. The number of para-hydroxylation sites is 1. The predicted molar refractivity (Wildman–Crippen MR) is 57.8 cm³/mol. The largest absolute Gasteiger partial charge is 0.255 e. The Kier molecular flexibility index (Phi) is 2.46. The number of hydrogen-bond acceptors (Lipinski definition) is 1. The lowest BCUT2D eigenvalue weighted by Gasteiger charge is -1.98. The van der Waals surface area contributed by atoms with Gasteiger partial charge in [-0.25, -0.2) is 0 Å². The number of allylic oxidation sites excluding steroid dienone is 1. The Morgan fingerprint density at radius 3 is 3.00 bits per heavy atom. The molecule has 0 aromatic heterocycles. The summed E-state index contributed by atoms with van der Waals surface area (Å²) in [5, 5.41) is 2.19. The smallest absolute Gasteiger partial charge is 0.0699 e. The SMILES string of the molecule is C#C/C1=C/N=c2/cccc/c2=C/CC1. The molecule has 1 aromatic carbocycles. The summed E-state index contributed by atoms with van der Waals surface area (Å²) in [6.45, 7) is 0. The van der Waals surface area contributed by atoms with Crippen LogP contribution in [0.3, 0.4) is 0 Å². The Morgan fingerprint density at radius 1 is 1.29 bits per heavy atom. The molecule has 0 aliphatic carbocycles. The molecule has 1 aromatic rings. The van der Waals surface area contributed by atoms with Gasteiger partial charge in [0.2, 0.25) is 0 Å². The van der Waals surface area contributed by atoms with Gasteiger partial charge in [0.25, 0.3) is 0 Å². The minimum atomic E-state index is 0.911. The number of benzene rings is 1. The summed E-state index contributed by atoms with van der Waals surface area (Å²) < 4.78 is 0. The van der Waals surface area contributed by atoms with Gasteiger partial charge in [0, 0.05) is 11.8 Å². The van der Waals surface area contributed by atoms with Crippen LogP contribution in [0.15, 0.2) is 41.0 Å². The maximum Gasteiger partial charge on any atom is 0.0699 e. The fourth-order valence-electron chi connectivity index (χ4n) is 1.48. The van der Waals surface area contributed by atoms with Crippen molar-refractivity contribution in [2.24, 2.45) is 4.99 Å². The van der Waals surface area contributed by atoms with Gasteiger partial charge < -0.3 is 0 Å². The average molecular weight is 181 g/mol. The Balaban J connectivity index is 2.63. The lowest BCUT2D eigenvalue weighted by Crippen LogP contribution is -2.24. The molecule has 1 nitrogen and oxygen atoms in total. The summed E-state index contributed by atoms with van der Waals surface area (Å²) in [4.78, 5) is 4.36. The highest BCUT2D eigenvalue weighted by atomic mass is 14.7. The van der Waals surface area contributed by atoms with Gasteiger partial charge >= 0.3 is 0 Å². The maximum absolute atomic E-state index is 5.35. The minimum Gasteiger partial charge on any atom is -0.255 e. The molecule has 1 heteroatoms. The third kappa shape index (κ3) is 1.75. The topological polar surface area (TPSA) is 12.4 Å². The van der Waals surface area contributed by atoms with E-state index in [0.29, 0.717) is 0 Å². The molecule has 0 saturated heterocycles. The number of fused-ring (bicyclic) bond motifs is 1. The van der Waals surface area contributed by atoms with E-state index in [9.17, 15) is 0 Å². The maximum atomic E-state index is 5.35. The average Bonchev–Trinajstić information content (AvgIpc) is 2.19. The molecule has 0 amide bonds. The standard InChI is InChI=1S/C13H11N/c1-2-11-6-5-8-12-7-3-4-9-13(12)14-10-11/h1,3-4,7-10H,5-6H2/b11-10-,12-8-,14-13-. The zero-order chi connectivity index (χ0) is 9.80. The van der Waals surface area contributed by atoms with E-state index < -0.39 is 0 Å². The van der Waals surface area contributed by atoms with E-state index in [2.05, 4.69) is 23.1 Å². The molecular weight excluding hydrogens is 170 g/mol. The molecule has 0 unspecified atom stereocenters. The molecule has 0 fully saturated rings. The molecule has 14 heavy (non-hydrogen) atoms. The van der Waals surface area contributed by atoms with Crippen molar-refractivity contribution in [2.45, 2.75) is 12.8 Å². The van der Waals surface area contributed by atoms with E-state index in [1.807, 2.05) is 18.2 Å². The molecule has 0 atom stereocenters. The van der Waals surface area contributed by atoms with Crippen molar-refractivity contribution in [1.82, 2.24) is 0 Å². The van der Waals surface area contributed by atoms with Crippen LogP contribution in [0.25, 0.3) is 6.08 Å². The van der Waals surface area contributed by atoms with Gasteiger partial charge in [-0.3, -0.25) is 4.99 Å². The van der Waals surface area contributed by atoms with Crippen LogP contribution in [0.2, 0.25) is 0 Å². The summed E-state index contributed by atoms with van der Waals surface area (Å²) in [5.41, 5.74) is 0.968. The first-order chi connectivity index (χ1) is 6.90. The highest BCUT2D eigenvalue weighted by Gasteiger charge is 1.94. The Labute approximate surface area is 83.5 Å². The van der Waals surface area contributed by atoms with Crippen LogP contribution >= 0.6 is 0 Å². The van der Waals surface area contributed by atoms with Crippen molar-refractivity contribution in [3.05, 3.63) is 46.6 Å². The van der Waals surface area contributed by atoms with Crippen molar-refractivity contribution >= 4 is 6.08 Å². The van der Waals surface area contributed by atoms with Gasteiger partial charge in [-0.15, -0.1) is 6.42 Å². The van der Waals surface area contributed by atoms with Gasteiger partial charge in [-0.1, -0.05) is 30.2 Å². The van der Waals surface area contributed by atoms with E-state index in [0.717, 1.165) is 23.8 Å². The van der Waals surface area contributed by atoms with Crippen molar-refractivity contribution < 1.29 is 0 Å². The Bertz CT molecular complexity index is 515. The monoisotopic (exact) mass is 181 g/mol. The molecule has 2 rings (SSSR count). The first-order valence-electron chi connectivity index (χ1n) is 4.69. The minimum absolute atomic E-state index is 0.911. The Morgan fingerprint density at radius 2 is 2.14 bits per heavy atom. The fraction of sp³-hybridized carbons (Fsp3) is 0.154. The van der Waals surface area contributed by atoms with Crippen LogP contribution in [0.5, 0.6) is 0 Å². The number of terminal acetylenes is 1. The number of hydrogen-bond donors (Lipinski definition) is 0. The highest BCUT2D eigenvalue weighted by molar-refractivity contribution is 5.31. The molecule has 0 bridgehead atoms. The van der Waals surface area contributed by atoms with Crippen LogP contribution in [0, 0.1) is 12.3 Å². The van der Waals surface area contributed by atoms with E-state index >= 15 is 0 Å². The quantitative estimate of drug-likeness (QED) is 0.536. The van der Waals surface area contributed by atoms with Crippen LogP contribution in [-0.4, -0.2) is 0 Å². The summed E-state index contributed by atoms with van der Waals surface area (Å²) in [5.74, 6) is 2.65. The summed E-state index contributed by atoms with van der Waals surface area (Å²) in [7, 11) is 0. The lowest BCUT2D eigenvalue weighted by atomic mass is 10.1. The second-order valence-corrected chi connectivity index (χ2v) is 3.23. The Hall–Kier alpha value is -1.81. The summed E-state index contributed by atoms with van der Waals surface area (Å²) in [6.07, 6.45) is 11.2. The van der Waals surface area contributed by atoms with Gasteiger partial charge in [0.05, 0.1) is 5.36 Å². The van der Waals surface area contributed by atoms with Gasteiger partial charge in [0.15, 0.2) is 0 Å².